The number of aliphatic hydroxyl groups is 1. The van der Waals surface area contributed by atoms with Gasteiger partial charge in [-0.2, -0.15) is 0 Å². The van der Waals surface area contributed by atoms with Gasteiger partial charge in [-0.05, 0) is 34.9 Å². The molecule has 0 unspecified atom stereocenters. The molecule has 0 saturated heterocycles. The molecule has 90 heavy (non-hydrogen) atoms. The van der Waals surface area contributed by atoms with Crippen molar-refractivity contribution in [1.82, 2.24) is 0 Å². The van der Waals surface area contributed by atoms with Crippen LogP contribution in [0.3, 0.4) is 0 Å². The summed E-state index contributed by atoms with van der Waals surface area (Å²) in [5.74, 6) is 0.854. The van der Waals surface area contributed by atoms with E-state index in [0.717, 1.165) is 12.2 Å². The van der Waals surface area contributed by atoms with Crippen LogP contribution in [0.2, 0.25) is 0 Å². The first-order chi connectivity index (χ1) is 44.2. The highest BCUT2D eigenvalue weighted by molar-refractivity contribution is 5.31. The van der Waals surface area contributed by atoms with Crippen LogP contribution in [-0.4, -0.2) is 335 Å². The van der Waals surface area contributed by atoms with Gasteiger partial charge >= 0.3 is 0 Å². The molecule has 26 nitrogen and oxygen atoms in total. The summed E-state index contributed by atoms with van der Waals surface area (Å²) in [6, 6.07) is 8.41. The molecule has 0 amide bonds. The van der Waals surface area contributed by atoms with Crippen LogP contribution in [0.15, 0.2) is 24.3 Å². The third-order valence-corrected chi connectivity index (χ3v) is 11.9. The highest BCUT2D eigenvalue weighted by Gasteiger charge is 2.27. The Morgan fingerprint density at radius 1 is 0.211 bits per heavy atom. The van der Waals surface area contributed by atoms with Crippen molar-refractivity contribution in [3.8, 4) is 5.75 Å². The van der Waals surface area contributed by atoms with Crippen LogP contribution in [0, 0.1) is 5.41 Å². The third-order valence-electron chi connectivity index (χ3n) is 11.9. The smallest absolute Gasteiger partial charge is 0.119 e. The maximum Gasteiger partial charge on any atom is 0.119 e. The predicted octanol–water partition coefficient (Wildman–Crippen LogP) is 4.17. The molecule has 1 N–H and O–H groups in total. The molecule has 534 valence electrons. The molecule has 26 heteroatoms. The van der Waals surface area contributed by atoms with Gasteiger partial charge in [-0.1, -0.05) is 46.8 Å². The second-order valence-corrected chi connectivity index (χ2v) is 21.4. The first kappa shape index (κ1) is 86.0. The second kappa shape index (κ2) is 69.8. The summed E-state index contributed by atoms with van der Waals surface area (Å²) >= 11 is 0. The molecule has 1 aromatic rings. The average Bonchev–Trinajstić information content (AvgIpc) is 2.08. The third kappa shape index (κ3) is 67.4. The van der Waals surface area contributed by atoms with E-state index in [1.54, 1.807) is 0 Å². The van der Waals surface area contributed by atoms with Crippen LogP contribution in [-0.2, 0) is 119 Å². The summed E-state index contributed by atoms with van der Waals surface area (Å²) in [7, 11) is 0. The SMILES string of the molecule is CC(C)(C)CC(C)(C)c1ccc(OCCOCCOCCOCCOCCOCCOCCOCCOCCOCCOCCOCCOCCOCCOCCOCCOCCOCCOCCOCCOCCOCCOCCOCCOCCO)cc1. The second-order valence-electron chi connectivity index (χ2n) is 21.4. The molecule has 0 aromatic heterocycles. The molecule has 0 saturated carbocycles. The molecule has 0 spiro atoms. The van der Waals surface area contributed by atoms with Gasteiger partial charge in [0.15, 0.2) is 0 Å². The number of rotatable bonds is 77. The number of hydrogen-bond donors (Lipinski definition) is 1. The van der Waals surface area contributed by atoms with Gasteiger partial charge < -0.3 is 124 Å². The Bertz CT molecular complexity index is 1520. The van der Waals surface area contributed by atoms with Gasteiger partial charge in [-0.3, -0.25) is 0 Å². The summed E-state index contributed by atoms with van der Waals surface area (Å²) in [6.07, 6.45) is 1.11. The van der Waals surface area contributed by atoms with Crippen LogP contribution in [0.5, 0.6) is 5.75 Å². The lowest BCUT2D eigenvalue weighted by molar-refractivity contribution is -0.0320. The number of aliphatic hydroxyl groups excluding tert-OH is 1. The van der Waals surface area contributed by atoms with Crippen molar-refractivity contribution in [3.63, 3.8) is 0 Å². The van der Waals surface area contributed by atoms with Gasteiger partial charge in [0.05, 0.1) is 324 Å². The zero-order valence-electron chi connectivity index (χ0n) is 56.0. The highest BCUT2D eigenvalue weighted by atomic mass is 16.6. The van der Waals surface area contributed by atoms with Gasteiger partial charge in [0, 0.05) is 0 Å². The van der Waals surface area contributed by atoms with E-state index in [1.807, 2.05) is 12.1 Å². The molecular formula is C64H122O26. The van der Waals surface area contributed by atoms with E-state index >= 15 is 0 Å². The number of benzene rings is 1. The Kier molecular flexibility index (Phi) is 66.8. The van der Waals surface area contributed by atoms with Crippen molar-refractivity contribution in [1.29, 1.82) is 0 Å². The molecule has 1 aromatic carbocycles. The minimum Gasteiger partial charge on any atom is -0.491 e. The molecule has 0 fully saturated rings. The number of hydrogen-bond acceptors (Lipinski definition) is 26. The standard InChI is InChI=1S/C64H122O26/c1-63(2,3)60-64(4,5)61-6-8-62(9-7-61)90-59-58-89-57-56-88-55-54-87-53-52-86-51-50-85-49-48-84-47-46-83-45-44-82-43-42-81-41-40-80-39-38-79-37-36-78-35-34-77-33-32-76-31-30-75-29-28-74-27-26-73-25-24-72-23-22-71-21-20-70-19-18-69-17-16-68-15-14-67-13-12-66-11-10-65/h6-9,65H,10-60H2,1-5H3. The minimum atomic E-state index is 0.0175. The topological polar surface area (TPSA) is 251 Å². The Balaban J connectivity index is 1.62. The van der Waals surface area contributed by atoms with E-state index in [0.29, 0.717) is 324 Å². The Labute approximate surface area is 539 Å². The molecule has 0 aliphatic heterocycles. The van der Waals surface area contributed by atoms with E-state index in [4.69, 9.17) is 124 Å². The van der Waals surface area contributed by atoms with Crippen molar-refractivity contribution in [3.05, 3.63) is 29.8 Å². The van der Waals surface area contributed by atoms with Crippen molar-refractivity contribution in [2.75, 3.05) is 330 Å². The monoisotopic (exact) mass is 1310 g/mol. The van der Waals surface area contributed by atoms with Gasteiger partial charge in [0.1, 0.15) is 12.4 Å². The first-order valence-corrected chi connectivity index (χ1v) is 32.4. The van der Waals surface area contributed by atoms with E-state index < -0.39 is 0 Å². The van der Waals surface area contributed by atoms with Crippen molar-refractivity contribution >= 4 is 0 Å². The van der Waals surface area contributed by atoms with Gasteiger partial charge in [0.25, 0.3) is 0 Å². The molecule has 0 bridgehead atoms. The molecule has 1 rings (SSSR count). The molecule has 0 aliphatic carbocycles. The normalized spacial score (nSPS) is 12.1. The summed E-state index contributed by atoms with van der Waals surface area (Å²) in [6.45, 7) is 35.2. The lowest BCUT2D eigenvalue weighted by Gasteiger charge is -2.33. The summed E-state index contributed by atoms with van der Waals surface area (Å²) in [5.41, 5.74) is 1.71. The van der Waals surface area contributed by atoms with E-state index in [9.17, 15) is 0 Å². The largest absolute Gasteiger partial charge is 0.491 e. The number of ether oxygens (including phenoxy) is 25. The van der Waals surface area contributed by atoms with Gasteiger partial charge in [-0.25, -0.2) is 0 Å². The fraction of sp³-hybridized carbons (Fsp3) is 0.906. The van der Waals surface area contributed by atoms with Crippen molar-refractivity contribution in [2.45, 2.75) is 46.5 Å². The quantitative estimate of drug-likeness (QED) is 0.0899. The zero-order chi connectivity index (χ0) is 64.7. The summed E-state index contributed by atoms with van der Waals surface area (Å²) in [4.78, 5) is 0. The lowest BCUT2D eigenvalue weighted by Crippen LogP contribution is -2.24. The molecule has 0 atom stereocenters. The highest BCUT2D eigenvalue weighted by Crippen LogP contribution is 2.36. The van der Waals surface area contributed by atoms with Crippen LogP contribution in [0.1, 0.15) is 46.6 Å². The van der Waals surface area contributed by atoms with Crippen LogP contribution in [0.25, 0.3) is 0 Å². The Hall–Kier alpha value is -1.98. The van der Waals surface area contributed by atoms with Gasteiger partial charge in [0.2, 0.25) is 0 Å². The van der Waals surface area contributed by atoms with Crippen LogP contribution in [0.4, 0.5) is 0 Å². The molecule has 0 radical (unpaired) electrons. The van der Waals surface area contributed by atoms with Crippen LogP contribution < -0.4 is 4.74 Å². The van der Waals surface area contributed by atoms with Crippen molar-refractivity contribution < 1.29 is 124 Å². The maximum atomic E-state index is 8.62. The fourth-order valence-electron chi connectivity index (χ4n) is 7.87. The van der Waals surface area contributed by atoms with E-state index in [-0.39, 0.29) is 17.4 Å². The molecule has 0 aliphatic rings. The summed E-state index contributed by atoms with van der Waals surface area (Å²) < 4.78 is 138. The van der Waals surface area contributed by atoms with E-state index in [1.165, 1.54) is 5.56 Å². The first-order valence-electron chi connectivity index (χ1n) is 32.4. The maximum absolute atomic E-state index is 8.62. The fourth-order valence-corrected chi connectivity index (χ4v) is 7.87. The Morgan fingerprint density at radius 2 is 0.356 bits per heavy atom. The van der Waals surface area contributed by atoms with Crippen LogP contribution >= 0.6 is 0 Å². The average molecular weight is 1310 g/mol. The minimum absolute atomic E-state index is 0.0175. The zero-order valence-corrected chi connectivity index (χ0v) is 56.0. The Morgan fingerprint density at radius 3 is 0.500 bits per heavy atom. The lowest BCUT2D eigenvalue weighted by atomic mass is 9.72. The van der Waals surface area contributed by atoms with Crippen molar-refractivity contribution in [2.24, 2.45) is 5.41 Å². The predicted molar refractivity (Wildman–Crippen MR) is 336 cm³/mol. The summed E-state index contributed by atoms with van der Waals surface area (Å²) in [5, 5.41) is 8.62. The van der Waals surface area contributed by atoms with E-state index in [2.05, 4.69) is 46.8 Å². The molecular weight excluding hydrogens is 1180 g/mol. The molecule has 0 heterocycles. The van der Waals surface area contributed by atoms with Gasteiger partial charge in [-0.15, -0.1) is 0 Å².